The fourth-order valence-corrected chi connectivity index (χ4v) is 0.781. The van der Waals surface area contributed by atoms with Crippen LogP contribution in [0.25, 0.3) is 0 Å². The van der Waals surface area contributed by atoms with Crippen molar-refractivity contribution in [2.45, 2.75) is 13.3 Å². The number of hydrogen-bond acceptors (Lipinski definition) is 4. The Labute approximate surface area is 65.0 Å². The van der Waals surface area contributed by atoms with E-state index < -0.39 is 0 Å². The molecular formula is C6H12N4O. The Bertz CT molecular complexity index is 222. The van der Waals surface area contributed by atoms with Crippen molar-refractivity contribution in [3.05, 3.63) is 5.82 Å². The van der Waals surface area contributed by atoms with Gasteiger partial charge >= 0.3 is 0 Å². The average molecular weight is 156 g/mol. The van der Waals surface area contributed by atoms with Crippen molar-refractivity contribution in [1.82, 2.24) is 20.2 Å². The van der Waals surface area contributed by atoms with Crippen molar-refractivity contribution >= 4 is 0 Å². The van der Waals surface area contributed by atoms with Crippen LogP contribution >= 0.6 is 0 Å². The molecule has 1 rings (SSSR count). The fourth-order valence-electron chi connectivity index (χ4n) is 0.781. The zero-order valence-electron chi connectivity index (χ0n) is 6.73. The van der Waals surface area contributed by atoms with Gasteiger partial charge in [0.15, 0.2) is 5.82 Å². The Hall–Kier alpha value is -0.970. The smallest absolute Gasteiger partial charge is 0.175 e. The summed E-state index contributed by atoms with van der Waals surface area (Å²) in [6.07, 6.45) is 0.685. The third-order valence-corrected chi connectivity index (χ3v) is 1.39. The quantitative estimate of drug-likeness (QED) is 0.633. The van der Waals surface area contributed by atoms with Gasteiger partial charge in [0.25, 0.3) is 0 Å². The Kier molecular flexibility index (Phi) is 2.53. The molecule has 0 aliphatic carbocycles. The molecule has 0 bridgehead atoms. The largest absolute Gasteiger partial charge is 0.396 e. The number of aryl methyl sites for hydroxylation is 1. The highest BCUT2D eigenvalue weighted by Crippen LogP contribution is 2.00. The van der Waals surface area contributed by atoms with Crippen LogP contribution in [0.2, 0.25) is 0 Å². The highest BCUT2D eigenvalue weighted by atomic mass is 16.3. The molecule has 0 aromatic carbocycles. The predicted molar refractivity (Wildman–Crippen MR) is 38.8 cm³/mol. The number of aliphatic hydroxyl groups excluding tert-OH is 1. The third-order valence-electron chi connectivity index (χ3n) is 1.39. The van der Waals surface area contributed by atoms with Crippen molar-refractivity contribution in [3.63, 3.8) is 0 Å². The Morgan fingerprint density at radius 3 is 2.82 bits per heavy atom. The number of aromatic nitrogens is 4. The van der Waals surface area contributed by atoms with E-state index in [-0.39, 0.29) is 12.5 Å². The average Bonchev–Trinajstić information content (AvgIpc) is 2.35. The van der Waals surface area contributed by atoms with Gasteiger partial charge in [-0.15, -0.1) is 10.2 Å². The molecule has 5 heteroatoms. The molecule has 0 spiro atoms. The van der Waals surface area contributed by atoms with Crippen LogP contribution in [0.4, 0.5) is 0 Å². The van der Waals surface area contributed by atoms with Crippen molar-refractivity contribution in [2.75, 3.05) is 6.61 Å². The first-order chi connectivity index (χ1) is 5.22. The van der Waals surface area contributed by atoms with Crippen molar-refractivity contribution < 1.29 is 5.11 Å². The van der Waals surface area contributed by atoms with Gasteiger partial charge in [0.2, 0.25) is 0 Å². The van der Waals surface area contributed by atoms with Gasteiger partial charge in [-0.1, -0.05) is 6.92 Å². The lowest BCUT2D eigenvalue weighted by Crippen LogP contribution is -2.06. The minimum atomic E-state index is 0.165. The van der Waals surface area contributed by atoms with Gasteiger partial charge in [-0.3, -0.25) is 0 Å². The molecule has 11 heavy (non-hydrogen) atoms. The first kappa shape index (κ1) is 8.13. The molecule has 1 aromatic rings. The molecule has 1 unspecified atom stereocenters. The van der Waals surface area contributed by atoms with Gasteiger partial charge in [-0.2, -0.15) is 4.80 Å². The van der Waals surface area contributed by atoms with Crippen molar-refractivity contribution in [1.29, 1.82) is 0 Å². The summed E-state index contributed by atoms with van der Waals surface area (Å²) in [6.45, 7) is 2.11. The van der Waals surface area contributed by atoms with Crippen molar-refractivity contribution in [2.24, 2.45) is 13.0 Å². The van der Waals surface area contributed by atoms with E-state index in [9.17, 15) is 0 Å². The number of rotatable bonds is 3. The molecule has 1 atom stereocenters. The van der Waals surface area contributed by atoms with E-state index in [1.54, 1.807) is 7.05 Å². The molecule has 5 nitrogen and oxygen atoms in total. The molecule has 0 radical (unpaired) electrons. The van der Waals surface area contributed by atoms with E-state index in [1.165, 1.54) is 4.80 Å². The SMILES string of the molecule is CC(CO)Cc1nnn(C)n1. The number of hydrogen-bond donors (Lipinski definition) is 1. The number of tetrazole rings is 1. The van der Waals surface area contributed by atoms with Crippen LogP contribution in [-0.4, -0.2) is 31.9 Å². The van der Waals surface area contributed by atoms with Gasteiger partial charge in [-0.25, -0.2) is 0 Å². The Morgan fingerprint density at radius 1 is 1.64 bits per heavy atom. The molecule has 0 saturated heterocycles. The second kappa shape index (κ2) is 3.43. The Balaban J connectivity index is 2.50. The lowest BCUT2D eigenvalue weighted by Gasteiger charge is -2.01. The minimum absolute atomic E-state index is 0.165. The van der Waals surface area contributed by atoms with Gasteiger partial charge in [0.1, 0.15) is 0 Å². The van der Waals surface area contributed by atoms with Gasteiger partial charge in [0, 0.05) is 13.0 Å². The molecular weight excluding hydrogens is 144 g/mol. The molecule has 1 aromatic heterocycles. The van der Waals surface area contributed by atoms with E-state index in [0.717, 1.165) is 0 Å². The van der Waals surface area contributed by atoms with Crippen LogP contribution < -0.4 is 0 Å². The first-order valence-electron chi connectivity index (χ1n) is 3.56. The normalized spacial score (nSPS) is 13.4. The zero-order chi connectivity index (χ0) is 8.27. The summed E-state index contributed by atoms with van der Waals surface area (Å²) in [5.74, 6) is 0.897. The maximum atomic E-state index is 8.72. The lowest BCUT2D eigenvalue weighted by molar-refractivity contribution is 0.235. The van der Waals surface area contributed by atoms with Crippen LogP contribution in [0.5, 0.6) is 0 Å². The van der Waals surface area contributed by atoms with Crippen LogP contribution in [0, 0.1) is 5.92 Å². The fraction of sp³-hybridized carbons (Fsp3) is 0.833. The maximum absolute atomic E-state index is 8.72. The molecule has 0 fully saturated rings. The summed E-state index contributed by atoms with van der Waals surface area (Å²) in [7, 11) is 1.72. The second-order valence-corrected chi connectivity index (χ2v) is 2.69. The number of aliphatic hydroxyl groups is 1. The van der Waals surface area contributed by atoms with Crippen LogP contribution in [0.1, 0.15) is 12.7 Å². The van der Waals surface area contributed by atoms with Crippen LogP contribution in [0.15, 0.2) is 0 Å². The van der Waals surface area contributed by atoms with E-state index in [2.05, 4.69) is 15.4 Å². The lowest BCUT2D eigenvalue weighted by atomic mass is 10.1. The predicted octanol–water partition coefficient (Wildman–Crippen LogP) is -0.619. The molecule has 0 aliphatic heterocycles. The third kappa shape index (κ3) is 2.27. The summed E-state index contributed by atoms with van der Waals surface area (Å²) in [5.41, 5.74) is 0. The molecule has 0 amide bonds. The minimum Gasteiger partial charge on any atom is -0.396 e. The summed E-state index contributed by atoms with van der Waals surface area (Å²) in [6, 6.07) is 0. The van der Waals surface area contributed by atoms with E-state index in [0.29, 0.717) is 12.2 Å². The van der Waals surface area contributed by atoms with Gasteiger partial charge in [0.05, 0.1) is 7.05 Å². The molecule has 0 saturated carbocycles. The van der Waals surface area contributed by atoms with E-state index >= 15 is 0 Å². The standard InChI is InChI=1S/C6H12N4O/c1-5(4-11)3-6-7-9-10(2)8-6/h5,11H,3-4H2,1-2H3. The molecule has 62 valence electrons. The van der Waals surface area contributed by atoms with Crippen LogP contribution in [-0.2, 0) is 13.5 Å². The highest BCUT2D eigenvalue weighted by Gasteiger charge is 2.05. The van der Waals surface area contributed by atoms with Gasteiger partial charge in [-0.05, 0) is 11.1 Å². The number of nitrogens with zero attached hydrogens (tertiary/aromatic N) is 4. The highest BCUT2D eigenvalue weighted by molar-refractivity contribution is 4.78. The topological polar surface area (TPSA) is 63.8 Å². The van der Waals surface area contributed by atoms with E-state index in [4.69, 9.17) is 5.11 Å². The zero-order valence-corrected chi connectivity index (χ0v) is 6.73. The summed E-state index contributed by atoms with van der Waals surface area (Å²) >= 11 is 0. The molecule has 0 aliphatic rings. The summed E-state index contributed by atoms with van der Waals surface area (Å²) in [4.78, 5) is 1.42. The second-order valence-electron chi connectivity index (χ2n) is 2.69. The molecule has 1 N–H and O–H groups in total. The summed E-state index contributed by atoms with van der Waals surface area (Å²) in [5, 5.41) is 20.2. The van der Waals surface area contributed by atoms with E-state index in [1.807, 2.05) is 6.92 Å². The van der Waals surface area contributed by atoms with Crippen molar-refractivity contribution in [3.8, 4) is 0 Å². The van der Waals surface area contributed by atoms with Crippen LogP contribution in [0.3, 0.4) is 0 Å². The Morgan fingerprint density at radius 2 is 2.36 bits per heavy atom. The monoisotopic (exact) mass is 156 g/mol. The molecule has 1 heterocycles. The first-order valence-corrected chi connectivity index (χ1v) is 3.56. The maximum Gasteiger partial charge on any atom is 0.175 e. The van der Waals surface area contributed by atoms with Gasteiger partial charge < -0.3 is 5.11 Å². The summed E-state index contributed by atoms with van der Waals surface area (Å²) < 4.78 is 0.